The van der Waals surface area contributed by atoms with Crippen LogP contribution in [-0.4, -0.2) is 53.3 Å². The predicted octanol–water partition coefficient (Wildman–Crippen LogP) is 3.35. The fourth-order valence-electron chi connectivity index (χ4n) is 3.17. The molecule has 6 nitrogen and oxygen atoms in total. The Morgan fingerprint density at radius 1 is 1.11 bits per heavy atom. The second-order valence-corrected chi connectivity index (χ2v) is 8.86. The van der Waals surface area contributed by atoms with E-state index in [2.05, 4.69) is 9.62 Å². The maximum Gasteiger partial charge on any atom is 0.243 e. The highest BCUT2D eigenvalue weighted by Crippen LogP contribution is 2.30. The molecule has 3 rings (SSSR count). The van der Waals surface area contributed by atoms with Gasteiger partial charge in [-0.25, -0.2) is 13.1 Å². The largest absolute Gasteiger partial charge is 0.497 e. The normalized spacial score (nSPS) is 16.7. The maximum absolute atomic E-state index is 12.8. The number of hydrogen-bond acceptors (Lipinski definition) is 5. The lowest BCUT2D eigenvalue weighted by Crippen LogP contribution is -2.43. The first-order valence-corrected chi connectivity index (χ1v) is 11.1. The molecule has 1 saturated heterocycles. The first-order chi connectivity index (χ1) is 13.4. The third kappa shape index (κ3) is 4.97. The van der Waals surface area contributed by atoms with Gasteiger partial charge in [-0.1, -0.05) is 41.4 Å². The van der Waals surface area contributed by atoms with E-state index < -0.39 is 10.0 Å². The molecular formula is C19H22Cl2N2O4S. The topological polar surface area (TPSA) is 67.9 Å². The summed E-state index contributed by atoms with van der Waals surface area (Å²) in [5.41, 5.74) is 0.982. The van der Waals surface area contributed by atoms with Crippen molar-refractivity contribution in [2.24, 2.45) is 0 Å². The van der Waals surface area contributed by atoms with Gasteiger partial charge in [-0.2, -0.15) is 0 Å². The van der Waals surface area contributed by atoms with Gasteiger partial charge in [0.25, 0.3) is 0 Å². The van der Waals surface area contributed by atoms with E-state index in [1.165, 1.54) is 12.1 Å². The number of nitrogens with one attached hydrogen (secondary N) is 1. The van der Waals surface area contributed by atoms with Gasteiger partial charge >= 0.3 is 0 Å². The Kier molecular flexibility index (Phi) is 7.20. The zero-order chi connectivity index (χ0) is 20.1. The molecule has 1 unspecified atom stereocenters. The summed E-state index contributed by atoms with van der Waals surface area (Å²) in [5, 5.41) is 0.180. The molecule has 0 amide bonds. The third-order valence-electron chi connectivity index (χ3n) is 4.64. The molecule has 1 fully saturated rings. The zero-order valence-corrected chi connectivity index (χ0v) is 17.7. The monoisotopic (exact) mass is 444 g/mol. The van der Waals surface area contributed by atoms with Crippen LogP contribution >= 0.6 is 23.2 Å². The lowest BCUT2D eigenvalue weighted by atomic mass is 10.0. The second-order valence-electron chi connectivity index (χ2n) is 6.34. The summed E-state index contributed by atoms with van der Waals surface area (Å²) in [6, 6.07) is 12.1. The Bertz CT molecular complexity index is 880. The van der Waals surface area contributed by atoms with E-state index in [1.807, 2.05) is 24.3 Å². The van der Waals surface area contributed by atoms with E-state index in [0.29, 0.717) is 26.3 Å². The number of ether oxygens (including phenoxy) is 2. The Morgan fingerprint density at radius 2 is 1.71 bits per heavy atom. The van der Waals surface area contributed by atoms with Crippen molar-refractivity contribution in [1.29, 1.82) is 0 Å². The van der Waals surface area contributed by atoms with Crippen molar-refractivity contribution >= 4 is 33.2 Å². The van der Waals surface area contributed by atoms with Crippen LogP contribution in [0, 0.1) is 0 Å². The van der Waals surface area contributed by atoms with E-state index in [0.717, 1.165) is 11.3 Å². The molecular weight excluding hydrogens is 423 g/mol. The van der Waals surface area contributed by atoms with Crippen LogP contribution in [0.4, 0.5) is 0 Å². The summed E-state index contributed by atoms with van der Waals surface area (Å²) in [6.45, 7) is 2.82. The molecule has 2 aromatic rings. The molecule has 0 spiro atoms. The first-order valence-electron chi connectivity index (χ1n) is 8.82. The number of halogens is 2. The Labute approximate surface area is 175 Å². The van der Waals surface area contributed by atoms with Crippen LogP contribution in [0.15, 0.2) is 47.4 Å². The standard InChI is InChI=1S/C19H22Cl2N2O4S/c1-26-15-7-5-14(6-8-15)18(23-9-11-27-12-10-23)13-22-28(24,25)19-16(20)3-2-4-17(19)21/h2-8,18,22H,9-13H2,1H3. The van der Waals surface area contributed by atoms with Crippen LogP contribution in [0.2, 0.25) is 10.0 Å². The van der Waals surface area contributed by atoms with Crippen LogP contribution in [0.5, 0.6) is 5.75 Å². The van der Waals surface area contributed by atoms with Crippen molar-refractivity contribution in [3.05, 3.63) is 58.1 Å². The number of sulfonamides is 1. The van der Waals surface area contributed by atoms with Crippen LogP contribution in [0.3, 0.4) is 0 Å². The highest BCUT2D eigenvalue weighted by atomic mass is 35.5. The van der Waals surface area contributed by atoms with Gasteiger partial charge in [0, 0.05) is 25.7 Å². The minimum Gasteiger partial charge on any atom is -0.497 e. The van der Waals surface area contributed by atoms with Crippen molar-refractivity contribution in [2.45, 2.75) is 10.9 Å². The molecule has 9 heteroatoms. The molecule has 0 bridgehead atoms. The summed E-state index contributed by atoms with van der Waals surface area (Å²) in [5.74, 6) is 0.743. The highest BCUT2D eigenvalue weighted by Gasteiger charge is 2.27. The highest BCUT2D eigenvalue weighted by molar-refractivity contribution is 7.89. The van der Waals surface area contributed by atoms with Gasteiger partial charge in [-0.05, 0) is 29.8 Å². The van der Waals surface area contributed by atoms with Gasteiger partial charge in [0.05, 0.1) is 30.4 Å². The maximum atomic E-state index is 12.8. The summed E-state index contributed by atoms with van der Waals surface area (Å²) in [6.07, 6.45) is 0. The summed E-state index contributed by atoms with van der Waals surface area (Å²) >= 11 is 12.2. The lowest BCUT2D eigenvalue weighted by Gasteiger charge is -2.35. The van der Waals surface area contributed by atoms with Gasteiger partial charge in [0.1, 0.15) is 10.6 Å². The van der Waals surface area contributed by atoms with Gasteiger partial charge < -0.3 is 9.47 Å². The number of benzene rings is 2. The van der Waals surface area contributed by atoms with Crippen molar-refractivity contribution in [1.82, 2.24) is 9.62 Å². The van der Waals surface area contributed by atoms with E-state index in [4.69, 9.17) is 32.7 Å². The molecule has 1 atom stereocenters. The van der Waals surface area contributed by atoms with E-state index in [-0.39, 0.29) is 27.5 Å². The predicted molar refractivity (Wildman–Crippen MR) is 110 cm³/mol. The molecule has 0 saturated carbocycles. The number of methoxy groups -OCH3 is 1. The molecule has 0 aliphatic carbocycles. The first kappa shape index (κ1) is 21.4. The fraction of sp³-hybridized carbons (Fsp3) is 0.368. The third-order valence-corrected chi connectivity index (χ3v) is 7.02. The average molecular weight is 445 g/mol. The molecule has 1 aliphatic rings. The zero-order valence-electron chi connectivity index (χ0n) is 15.4. The van der Waals surface area contributed by atoms with Crippen LogP contribution in [0.25, 0.3) is 0 Å². The van der Waals surface area contributed by atoms with Gasteiger partial charge in [0.2, 0.25) is 10.0 Å². The van der Waals surface area contributed by atoms with Crippen molar-refractivity contribution < 1.29 is 17.9 Å². The smallest absolute Gasteiger partial charge is 0.243 e. The second kappa shape index (κ2) is 9.43. The number of rotatable bonds is 7. The Balaban J connectivity index is 1.84. The summed E-state index contributed by atoms with van der Waals surface area (Å²) in [4.78, 5) is 2.09. The van der Waals surface area contributed by atoms with Crippen LogP contribution in [-0.2, 0) is 14.8 Å². The molecule has 0 aromatic heterocycles. The fourth-order valence-corrected chi connectivity index (χ4v) is 5.35. The molecule has 28 heavy (non-hydrogen) atoms. The van der Waals surface area contributed by atoms with E-state index in [1.54, 1.807) is 13.2 Å². The van der Waals surface area contributed by atoms with Crippen LogP contribution < -0.4 is 9.46 Å². The van der Waals surface area contributed by atoms with Gasteiger partial charge in [0.15, 0.2) is 0 Å². The Hall–Kier alpha value is -1.35. The number of nitrogens with zero attached hydrogens (tertiary/aromatic N) is 1. The van der Waals surface area contributed by atoms with Gasteiger partial charge in [-0.15, -0.1) is 0 Å². The lowest BCUT2D eigenvalue weighted by molar-refractivity contribution is 0.0172. The molecule has 152 valence electrons. The molecule has 1 aliphatic heterocycles. The van der Waals surface area contributed by atoms with Crippen molar-refractivity contribution in [2.75, 3.05) is 40.0 Å². The van der Waals surface area contributed by atoms with E-state index >= 15 is 0 Å². The minimum atomic E-state index is -3.87. The van der Waals surface area contributed by atoms with Crippen molar-refractivity contribution in [3.63, 3.8) is 0 Å². The Morgan fingerprint density at radius 3 is 2.29 bits per heavy atom. The molecule has 1 heterocycles. The molecule has 1 N–H and O–H groups in total. The quantitative estimate of drug-likeness (QED) is 0.708. The van der Waals surface area contributed by atoms with E-state index in [9.17, 15) is 8.42 Å². The van der Waals surface area contributed by atoms with Crippen molar-refractivity contribution in [3.8, 4) is 5.75 Å². The molecule has 2 aromatic carbocycles. The molecule has 0 radical (unpaired) electrons. The summed E-state index contributed by atoms with van der Waals surface area (Å²) < 4.78 is 39.0. The minimum absolute atomic E-state index is 0.0902. The average Bonchev–Trinajstić information content (AvgIpc) is 2.69. The van der Waals surface area contributed by atoms with Crippen LogP contribution in [0.1, 0.15) is 11.6 Å². The SMILES string of the molecule is COc1ccc(C(CNS(=O)(=O)c2c(Cl)cccc2Cl)N2CCOCC2)cc1. The number of morpholine rings is 1. The number of hydrogen-bond donors (Lipinski definition) is 1. The summed E-state index contributed by atoms with van der Waals surface area (Å²) in [7, 11) is -2.27. The van der Waals surface area contributed by atoms with Gasteiger partial charge in [-0.3, -0.25) is 4.90 Å².